The summed E-state index contributed by atoms with van der Waals surface area (Å²) in [5, 5.41) is 2.54. The molecule has 0 aliphatic heterocycles. The Morgan fingerprint density at radius 1 is 1.19 bits per heavy atom. The van der Waals surface area contributed by atoms with Crippen LogP contribution in [0.3, 0.4) is 0 Å². The average molecular weight is 252 g/mol. The molecule has 1 nitrogen and oxygen atoms in total. The Morgan fingerprint density at radius 2 is 2.00 bits per heavy atom. The lowest BCUT2D eigenvalue weighted by molar-refractivity contribution is 0.634. The highest BCUT2D eigenvalue weighted by molar-refractivity contribution is 7.26. The van der Waals surface area contributed by atoms with E-state index in [1.807, 2.05) is 18.2 Å². The number of hydrogen-bond acceptors (Lipinski definition) is 2. The van der Waals surface area contributed by atoms with Crippen molar-refractivity contribution in [2.75, 3.05) is 5.73 Å². The number of thiophene rings is 1. The summed E-state index contributed by atoms with van der Waals surface area (Å²) >= 11 is 7.63. The number of rotatable bonds is 0. The molecule has 0 saturated heterocycles. The smallest absolute Gasteiger partial charge is 0.146 e. The van der Waals surface area contributed by atoms with E-state index >= 15 is 0 Å². The van der Waals surface area contributed by atoms with Gasteiger partial charge >= 0.3 is 0 Å². The molecule has 2 N–H and O–H groups in total. The minimum absolute atomic E-state index is 0.176. The molecule has 80 valence electrons. The second-order valence-electron chi connectivity index (χ2n) is 3.59. The normalized spacial score (nSPS) is 11.4. The maximum atomic E-state index is 13.4. The topological polar surface area (TPSA) is 26.0 Å². The Kier molecular flexibility index (Phi) is 2.06. The van der Waals surface area contributed by atoms with Crippen LogP contribution < -0.4 is 5.73 Å². The van der Waals surface area contributed by atoms with Crippen molar-refractivity contribution in [1.82, 2.24) is 0 Å². The molecule has 0 aliphatic carbocycles. The summed E-state index contributed by atoms with van der Waals surface area (Å²) in [6.07, 6.45) is 0. The summed E-state index contributed by atoms with van der Waals surface area (Å²) in [5.74, 6) is -0.382. The molecular weight excluding hydrogens is 245 g/mol. The third-order valence-electron chi connectivity index (χ3n) is 2.57. The van der Waals surface area contributed by atoms with Gasteiger partial charge in [0.1, 0.15) is 5.82 Å². The lowest BCUT2D eigenvalue weighted by Crippen LogP contribution is -1.88. The van der Waals surface area contributed by atoms with Crippen molar-refractivity contribution in [1.29, 1.82) is 0 Å². The molecule has 0 unspecified atom stereocenters. The first-order valence-electron chi connectivity index (χ1n) is 4.72. The molecule has 1 aromatic heterocycles. The van der Waals surface area contributed by atoms with Crippen LogP contribution in [0.25, 0.3) is 20.2 Å². The van der Waals surface area contributed by atoms with Gasteiger partial charge in [-0.1, -0.05) is 23.7 Å². The van der Waals surface area contributed by atoms with Crippen LogP contribution in [-0.2, 0) is 0 Å². The fraction of sp³-hybridized carbons (Fsp3) is 0. The van der Waals surface area contributed by atoms with Crippen molar-refractivity contribution in [3.05, 3.63) is 41.2 Å². The van der Waals surface area contributed by atoms with Gasteiger partial charge in [0.15, 0.2) is 0 Å². The zero-order chi connectivity index (χ0) is 11.3. The molecule has 16 heavy (non-hydrogen) atoms. The highest BCUT2D eigenvalue weighted by Gasteiger charge is 2.10. The lowest BCUT2D eigenvalue weighted by Gasteiger charge is -1.96. The summed E-state index contributed by atoms with van der Waals surface area (Å²) in [6.45, 7) is 0. The van der Waals surface area contributed by atoms with Gasteiger partial charge in [-0.25, -0.2) is 4.39 Å². The predicted octanol–water partition coefficient (Wildman–Crippen LogP) is 4.43. The van der Waals surface area contributed by atoms with Crippen LogP contribution >= 0.6 is 22.9 Å². The molecule has 4 heteroatoms. The van der Waals surface area contributed by atoms with E-state index in [4.69, 9.17) is 17.3 Å². The van der Waals surface area contributed by atoms with Gasteiger partial charge in [0.2, 0.25) is 0 Å². The van der Waals surface area contributed by atoms with E-state index in [9.17, 15) is 4.39 Å². The number of halogens is 2. The van der Waals surface area contributed by atoms with E-state index in [1.165, 1.54) is 17.4 Å². The van der Waals surface area contributed by atoms with Crippen molar-refractivity contribution in [3.8, 4) is 0 Å². The summed E-state index contributed by atoms with van der Waals surface area (Å²) in [6, 6.07) is 8.77. The highest BCUT2D eigenvalue weighted by Crippen LogP contribution is 2.39. The van der Waals surface area contributed by atoms with Crippen molar-refractivity contribution in [2.45, 2.75) is 0 Å². The maximum absolute atomic E-state index is 13.4. The minimum Gasteiger partial charge on any atom is -0.396 e. The summed E-state index contributed by atoms with van der Waals surface area (Å²) in [5.41, 5.74) is 5.72. The second-order valence-corrected chi connectivity index (χ2v) is 5.05. The van der Waals surface area contributed by atoms with Gasteiger partial charge < -0.3 is 5.73 Å². The standard InChI is InChI=1S/C12H7ClFNS/c13-8-3-1-2-6-7-4-9(14)10(15)5-11(7)16-12(6)8/h1-5H,15H2. The molecule has 0 aliphatic rings. The summed E-state index contributed by atoms with van der Waals surface area (Å²) in [7, 11) is 0. The van der Waals surface area contributed by atoms with Gasteiger partial charge in [-0.2, -0.15) is 0 Å². The number of anilines is 1. The largest absolute Gasteiger partial charge is 0.396 e. The zero-order valence-corrected chi connectivity index (χ0v) is 9.70. The first kappa shape index (κ1) is 9.87. The monoisotopic (exact) mass is 251 g/mol. The van der Waals surface area contributed by atoms with E-state index in [1.54, 1.807) is 6.07 Å². The number of hydrogen-bond donors (Lipinski definition) is 1. The minimum atomic E-state index is -0.382. The van der Waals surface area contributed by atoms with Gasteiger partial charge in [0.25, 0.3) is 0 Å². The van der Waals surface area contributed by atoms with E-state index < -0.39 is 0 Å². The maximum Gasteiger partial charge on any atom is 0.146 e. The highest BCUT2D eigenvalue weighted by atomic mass is 35.5. The van der Waals surface area contributed by atoms with Gasteiger partial charge in [0.05, 0.1) is 15.4 Å². The Morgan fingerprint density at radius 3 is 2.81 bits per heavy atom. The Balaban J connectivity index is 2.56. The lowest BCUT2D eigenvalue weighted by atomic mass is 10.1. The van der Waals surface area contributed by atoms with Crippen LogP contribution in [0.4, 0.5) is 10.1 Å². The van der Waals surface area contributed by atoms with Gasteiger partial charge in [-0.05, 0) is 18.2 Å². The first-order chi connectivity index (χ1) is 7.66. The second kappa shape index (κ2) is 3.34. The molecule has 0 spiro atoms. The summed E-state index contributed by atoms with van der Waals surface area (Å²) < 4.78 is 15.3. The number of benzene rings is 2. The van der Waals surface area contributed by atoms with Crippen LogP contribution in [0.15, 0.2) is 30.3 Å². The third kappa shape index (κ3) is 1.29. The number of nitrogens with two attached hydrogens (primary N) is 1. The van der Waals surface area contributed by atoms with E-state index in [-0.39, 0.29) is 11.5 Å². The van der Waals surface area contributed by atoms with Crippen molar-refractivity contribution >= 4 is 48.8 Å². The van der Waals surface area contributed by atoms with E-state index in [0.717, 1.165) is 20.2 Å². The molecule has 2 aromatic carbocycles. The first-order valence-corrected chi connectivity index (χ1v) is 5.92. The van der Waals surface area contributed by atoms with Crippen LogP contribution in [-0.4, -0.2) is 0 Å². The molecule has 0 amide bonds. The molecular formula is C12H7ClFNS. The average Bonchev–Trinajstić information content (AvgIpc) is 2.59. The Hall–Kier alpha value is -1.32. The SMILES string of the molecule is Nc1cc2sc3c(Cl)cccc3c2cc1F. The summed E-state index contributed by atoms with van der Waals surface area (Å²) in [4.78, 5) is 0. The Bertz CT molecular complexity index is 705. The molecule has 3 aromatic rings. The van der Waals surface area contributed by atoms with Crippen molar-refractivity contribution in [2.24, 2.45) is 0 Å². The van der Waals surface area contributed by atoms with Crippen LogP contribution in [0, 0.1) is 5.82 Å². The number of fused-ring (bicyclic) bond motifs is 3. The van der Waals surface area contributed by atoms with Crippen LogP contribution in [0.2, 0.25) is 5.02 Å². The predicted molar refractivity (Wildman–Crippen MR) is 68.7 cm³/mol. The Labute approximate surface area is 100 Å². The zero-order valence-electron chi connectivity index (χ0n) is 8.13. The van der Waals surface area contributed by atoms with Gasteiger partial charge in [0, 0.05) is 15.5 Å². The molecule has 0 radical (unpaired) electrons. The van der Waals surface area contributed by atoms with Crippen molar-refractivity contribution < 1.29 is 4.39 Å². The quantitative estimate of drug-likeness (QED) is 0.588. The van der Waals surface area contributed by atoms with E-state index in [0.29, 0.717) is 5.02 Å². The van der Waals surface area contributed by atoms with Crippen LogP contribution in [0.1, 0.15) is 0 Å². The number of nitrogen functional groups attached to an aromatic ring is 1. The molecule has 3 rings (SSSR count). The van der Waals surface area contributed by atoms with Crippen molar-refractivity contribution in [3.63, 3.8) is 0 Å². The fourth-order valence-electron chi connectivity index (χ4n) is 1.80. The molecule has 0 bridgehead atoms. The third-order valence-corrected chi connectivity index (χ3v) is 4.20. The fourth-order valence-corrected chi connectivity index (χ4v) is 3.23. The molecule has 0 fully saturated rings. The van der Waals surface area contributed by atoms with E-state index in [2.05, 4.69) is 0 Å². The van der Waals surface area contributed by atoms with Gasteiger partial charge in [-0.3, -0.25) is 0 Å². The van der Waals surface area contributed by atoms with Gasteiger partial charge in [-0.15, -0.1) is 11.3 Å². The molecule has 1 heterocycles. The molecule has 0 saturated carbocycles. The molecule has 0 atom stereocenters. The van der Waals surface area contributed by atoms with Crippen LogP contribution in [0.5, 0.6) is 0 Å².